The van der Waals surface area contributed by atoms with E-state index in [0.717, 1.165) is 38.5 Å². The zero-order valence-electron chi connectivity index (χ0n) is 11.7. The first kappa shape index (κ1) is 15.2. The first-order chi connectivity index (χ1) is 9.12. The lowest BCUT2D eigenvalue weighted by molar-refractivity contribution is 0.266. The van der Waals surface area contributed by atoms with Crippen molar-refractivity contribution < 1.29 is 8.42 Å². The molecular weight excluding hydrogens is 262 g/mol. The van der Waals surface area contributed by atoms with E-state index in [0.29, 0.717) is 25.6 Å². The molecule has 6 heteroatoms. The van der Waals surface area contributed by atoms with Gasteiger partial charge in [-0.25, -0.2) is 0 Å². The van der Waals surface area contributed by atoms with Gasteiger partial charge < -0.3 is 5.73 Å². The number of hydrogen-bond donors (Lipinski definition) is 2. The molecule has 0 radical (unpaired) electrons. The Kier molecular flexibility index (Phi) is 5.62. The third kappa shape index (κ3) is 4.41. The fourth-order valence-electron chi connectivity index (χ4n) is 3.12. The molecule has 0 amide bonds. The number of hydrogen-bond acceptors (Lipinski definition) is 3. The quantitative estimate of drug-likeness (QED) is 0.764. The highest BCUT2D eigenvalue weighted by Crippen LogP contribution is 2.21. The number of rotatable bonds is 4. The van der Waals surface area contributed by atoms with Gasteiger partial charge in [0.1, 0.15) is 0 Å². The molecule has 1 unspecified atom stereocenters. The largest absolute Gasteiger partial charge is 0.330 e. The van der Waals surface area contributed by atoms with Gasteiger partial charge in [0.25, 0.3) is 10.2 Å². The predicted octanol–water partition coefficient (Wildman–Crippen LogP) is 1.21. The average Bonchev–Trinajstić information content (AvgIpc) is 2.67. The average molecular weight is 289 g/mol. The van der Waals surface area contributed by atoms with Crippen molar-refractivity contribution in [2.75, 3.05) is 19.6 Å². The van der Waals surface area contributed by atoms with Crippen molar-refractivity contribution in [2.45, 2.75) is 57.4 Å². The molecule has 0 aromatic carbocycles. The second kappa shape index (κ2) is 7.02. The molecule has 2 aliphatic rings. The molecule has 1 aliphatic carbocycles. The van der Waals surface area contributed by atoms with E-state index in [2.05, 4.69) is 4.72 Å². The lowest BCUT2D eigenvalue weighted by Crippen LogP contribution is -2.49. The standard InChI is InChI=1S/C13H27N3O2S/c14-10-12-6-5-9-16(11-12)19(17,18)15-13-7-3-1-2-4-8-13/h12-13,15H,1-11,14H2. The van der Waals surface area contributed by atoms with Gasteiger partial charge in [-0.15, -0.1) is 0 Å². The molecule has 1 atom stereocenters. The zero-order chi connectivity index (χ0) is 13.7. The van der Waals surface area contributed by atoms with Crippen LogP contribution in [0.5, 0.6) is 0 Å². The van der Waals surface area contributed by atoms with Crippen LogP contribution in [0.1, 0.15) is 51.4 Å². The number of piperidine rings is 1. The first-order valence-electron chi connectivity index (χ1n) is 7.59. The minimum absolute atomic E-state index is 0.130. The van der Waals surface area contributed by atoms with Crippen LogP contribution in [-0.2, 0) is 10.2 Å². The van der Waals surface area contributed by atoms with Crippen LogP contribution < -0.4 is 10.5 Å². The Balaban J connectivity index is 1.92. The smallest absolute Gasteiger partial charge is 0.279 e. The molecule has 2 rings (SSSR count). The van der Waals surface area contributed by atoms with Crippen LogP contribution in [0.25, 0.3) is 0 Å². The van der Waals surface area contributed by atoms with E-state index >= 15 is 0 Å². The van der Waals surface area contributed by atoms with Gasteiger partial charge in [-0.05, 0) is 38.1 Å². The van der Waals surface area contributed by atoms with Gasteiger partial charge in [0.05, 0.1) is 0 Å². The predicted molar refractivity (Wildman–Crippen MR) is 76.9 cm³/mol. The highest BCUT2D eigenvalue weighted by atomic mass is 32.2. The molecule has 19 heavy (non-hydrogen) atoms. The monoisotopic (exact) mass is 289 g/mol. The summed E-state index contributed by atoms with van der Waals surface area (Å²) in [7, 11) is -3.31. The van der Waals surface area contributed by atoms with Gasteiger partial charge in [0.2, 0.25) is 0 Å². The van der Waals surface area contributed by atoms with Crippen molar-refractivity contribution in [3.05, 3.63) is 0 Å². The van der Waals surface area contributed by atoms with Crippen molar-refractivity contribution in [3.8, 4) is 0 Å². The Hall–Kier alpha value is -0.170. The molecule has 0 aromatic rings. The van der Waals surface area contributed by atoms with Crippen LogP contribution >= 0.6 is 0 Å². The maximum absolute atomic E-state index is 12.4. The summed E-state index contributed by atoms with van der Waals surface area (Å²) in [6, 6.07) is 0.130. The van der Waals surface area contributed by atoms with E-state index in [1.54, 1.807) is 4.31 Å². The Morgan fingerprint density at radius 1 is 1.05 bits per heavy atom. The minimum Gasteiger partial charge on any atom is -0.330 e. The Labute approximate surface area is 117 Å². The minimum atomic E-state index is -3.31. The summed E-state index contributed by atoms with van der Waals surface area (Å²) in [5.41, 5.74) is 5.67. The van der Waals surface area contributed by atoms with Crippen molar-refractivity contribution in [1.82, 2.24) is 9.03 Å². The van der Waals surface area contributed by atoms with Crippen molar-refractivity contribution in [2.24, 2.45) is 11.7 Å². The number of nitrogens with two attached hydrogens (primary N) is 1. The molecule has 5 nitrogen and oxygen atoms in total. The van der Waals surface area contributed by atoms with Crippen molar-refractivity contribution >= 4 is 10.2 Å². The molecule has 0 spiro atoms. The fourth-order valence-corrected chi connectivity index (χ4v) is 4.70. The summed E-state index contributed by atoms with van der Waals surface area (Å²) in [5.74, 6) is 0.319. The van der Waals surface area contributed by atoms with Crippen LogP contribution in [0.15, 0.2) is 0 Å². The second-order valence-corrected chi connectivity index (χ2v) is 7.62. The first-order valence-corrected chi connectivity index (χ1v) is 9.03. The van der Waals surface area contributed by atoms with Gasteiger partial charge in [-0.1, -0.05) is 25.7 Å². The third-order valence-electron chi connectivity index (χ3n) is 4.33. The molecule has 1 aliphatic heterocycles. The van der Waals surface area contributed by atoms with Crippen LogP contribution in [0.2, 0.25) is 0 Å². The van der Waals surface area contributed by atoms with Crippen molar-refractivity contribution in [3.63, 3.8) is 0 Å². The highest BCUT2D eigenvalue weighted by molar-refractivity contribution is 7.87. The molecule has 1 saturated carbocycles. The second-order valence-electron chi connectivity index (χ2n) is 5.91. The summed E-state index contributed by atoms with van der Waals surface area (Å²) in [4.78, 5) is 0. The van der Waals surface area contributed by atoms with Gasteiger partial charge in [0.15, 0.2) is 0 Å². The lowest BCUT2D eigenvalue weighted by atomic mass is 10.0. The molecule has 0 bridgehead atoms. The summed E-state index contributed by atoms with van der Waals surface area (Å²) >= 11 is 0. The maximum atomic E-state index is 12.4. The number of nitrogens with one attached hydrogen (secondary N) is 1. The molecule has 2 fully saturated rings. The summed E-state index contributed by atoms with van der Waals surface area (Å²) in [5, 5.41) is 0. The van der Waals surface area contributed by atoms with Gasteiger partial charge in [-0.3, -0.25) is 0 Å². The zero-order valence-corrected chi connectivity index (χ0v) is 12.5. The van der Waals surface area contributed by atoms with E-state index < -0.39 is 10.2 Å². The highest BCUT2D eigenvalue weighted by Gasteiger charge is 2.30. The SMILES string of the molecule is NCC1CCCN(S(=O)(=O)NC2CCCCCC2)C1. The summed E-state index contributed by atoms with van der Waals surface area (Å²) < 4.78 is 29.3. The molecular formula is C13H27N3O2S. The molecule has 3 N–H and O–H groups in total. The van der Waals surface area contributed by atoms with E-state index in [1.807, 2.05) is 0 Å². The van der Waals surface area contributed by atoms with E-state index in [9.17, 15) is 8.42 Å². The van der Waals surface area contributed by atoms with E-state index in [4.69, 9.17) is 5.73 Å². The summed E-state index contributed by atoms with van der Waals surface area (Å²) in [6.45, 7) is 1.80. The molecule has 0 aromatic heterocycles. The normalized spacial score (nSPS) is 28.2. The van der Waals surface area contributed by atoms with Gasteiger partial charge >= 0.3 is 0 Å². The van der Waals surface area contributed by atoms with E-state index in [1.165, 1.54) is 12.8 Å². The van der Waals surface area contributed by atoms with E-state index in [-0.39, 0.29) is 6.04 Å². The third-order valence-corrected chi connectivity index (χ3v) is 5.97. The van der Waals surface area contributed by atoms with Gasteiger partial charge in [-0.2, -0.15) is 17.4 Å². The van der Waals surface area contributed by atoms with Crippen LogP contribution in [0, 0.1) is 5.92 Å². The Morgan fingerprint density at radius 2 is 1.74 bits per heavy atom. The molecule has 1 saturated heterocycles. The fraction of sp³-hybridized carbons (Fsp3) is 1.00. The lowest BCUT2D eigenvalue weighted by Gasteiger charge is -2.32. The Bertz CT molecular complexity index is 364. The van der Waals surface area contributed by atoms with Crippen LogP contribution in [0.3, 0.4) is 0 Å². The Morgan fingerprint density at radius 3 is 2.37 bits per heavy atom. The van der Waals surface area contributed by atoms with Crippen molar-refractivity contribution in [1.29, 1.82) is 0 Å². The molecule has 1 heterocycles. The topological polar surface area (TPSA) is 75.4 Å². The maximum Gasteiger partial charge on any atom is 0.279 e. The number of nitrogens with zero attached hydrogens (tertiary/aromatic N) is 1. The molecule has 112 valence electrons. The van der Waals surface area contributed by atoms with Crippen LogP contribution in [-0.4, -0.2) is 38.4 Å². The van der Waals surface area contributed by atoms with Crippen LogP contribution in [0.4, 0.5) is 0 Å². The van der Waals surface area contributed by atoms with Gasteiger partial charge in [0, 0.05) is 19.1 Å². The summed E-state index contributed by atoms with van der Waals surface area (Å²) in [6.07, 6.45) is 8.67.